The highest BCUT2D eigenvalue weighted by Crippen LogP contribution is 2.31. The summed E-state index contributed by atoms with van der Waals surface area (Å²) in [5.74, 6) is -3.56. The summed E-state index contributed by atoms with van der Waals surface area (Å²) < 4.78 is 70.8. The van der Waals surface area contributed by atoms with E-state index in [9.17, 15) is 35.9 Å². The molecule has 0 aliphatic rings. The van der Waals surface area contributed by atoms with Crippen LogP contribution in [0.2, 0.25) is 0 Å². The molecule has 180 valence electrons. The Hall–Kier alpha value is -4.23. The van der Waals surface area contributed by atoms with Crippen molar-refractivity contribution in [3.8, 4) is 11.3 Å². The van der Waals surface area contributed by atoms with Crippen molar-refractivity contribution < 1.29 is 41.0 Å². The van der Waals surface area contributed by atoms with Crippen LogP contribution in [0.4, 0.5) is 26.3 Å². The number of hydrogen-bond acceptors (Lipinski definition) is 5. The molecular formula is C20H14F6N4O4. The fraction of sp³-hybridized carbons (Fsp3) is 0.150. The van der Waals surface area contributed by atoms with Gasteiger partial charge in [0.25, 0.3) is 11.5 Å². The van der Waals surface area contributed by atoms with Crippen molar-refractivity contribution in [1.82, 2.24) is 20.5 Å². The summed E-state index contributed by atoms with van der Waals surface area (Å²) in [5, 5.41) is 15.6. The monoisotopic (exact) mass is 488 g/mol. The Kier molecular flexibility index (Phi) is 8.11. The second-order valence-corrected chi connectivity index (χ2v) is 6.37. The average Bonchev–Trinajstić information content (AvgIpc) is 2.78. The number of rotatable bonds is 4. The maximum absolute atomic E-state index is 13.0. The van der Waals surface area contributed by atoms with Gasteiger partial charge in [-0.15, -0.1) is 0 Å². The molecule has 0 bridgehead atoms. The molecule has 0 aliphatic carbocycles. The number of pyridine rings is 1. The van der Waals surface area contributed by atoms with Gasteiger partial charge in [-0.1, -0.05) is 18.2 Å². The maximum atomic E-state index is 13.0. The molecule has 34 heavy (non-hydrogen) atoms. The van der Waals surface area contributed by atoms with Crippen LogP contribution in [0.5, 0.6) is 0 Å². The van der Waals surface area contributed by atoms with Gasteiger partial charge in [0.05, 0.1) is 11.3 Å². The molecule has 0 unspecified atom stereocenters. The average molecular weight is 488 g/mol. The first kappa shape index (κ1) is 26.0. The van der Waals surface area contributed by atoms with Gasteiger partial charge < -0.3 is 10.4 Å². The number of aliphatic carboxylic acids is 1. The molecule has 14 heteroatoms. The smallest absolute Gasteiger partial charge is 0.475 e. The maximum Gasteiger partial charge on any atom is 0.490 e. The molecule has 0 radical (unpaired) electrons. The molecule has 8 nitrogen and oxygen atoms in total. The standard InChI is InChI=1S/C18H13F3N4O2.C2HF3O2/c19-18(20,21)14-4-2-1-3-12(14)10-23-16(26)13-9-15(24-25-17(13)27)11-5-7-22-8-6-11;3-2(4,5)1(6)7/h1-9H,10H2,(H,23,26)(H,25,27);(H,6,7). The molecular weight excluding hydrogens is 474 g/mol. The van der Waals surface area contributed by atoms with Gasteiger partial charge in [-0.05, 0) is 29.8 Å². The van der Waals surface area contributed by atoms with Crippen LogP contribution in [0.15, 0.2) is 59.7 Å². The number of nitrogens with one attached hydrogen (secondary N) is 2. The number of aromatic amines is 1. The molecule has 0 saturated heterocycles. The quantitative estimate of drug-likeness (QED) is 0.484. The summed E-state index contributed by atoms with van der Waals surface area (Å²) in [4.78, 5) is 37.0. The molecule has 0 aliphatic heterocycles. The lowest BCUT2D eigenvalue weighted by molar-refractivity contribution is -0.192. The van der Waals surface area contributed by atoms with E-state index in [0.717, 1.165) is 6.07 Å². The number of hydrogen-bond donors (Lipinski definition) is 3. The van der Waals surface area contributed by atoms with Gasteiger partial charge in [0, 0.05) is 24.5 Å². The van der Waals surface area contributed by atoms with Crippen molar-refractivity contribution in [2.24, 2.45) is 0 Å². The number of H-pyrrole nitrogens is 1. The van der Waals surface area contributed by atoms with Crippen LogP contribution >= 0.6 is 0 Å². The van der Waals surface area contributed by atoms with E-state index >= 15 is 0 Å². The van der Waals surface area contributed by atoms with Crippen LogP contribution in [-0.4, -0.2) is 38.3 Å². The number of aromatic nitrogens is 3. The second-order valence-electron chi connectivity index (χ2n) is 6.37. The van der Waals surface area contributed by atoms with Crippen LogP contribution in [0, 0.1) is 0 Å². The predicted molar refractivity (Wildman–Crippen MR) is 104 cm³/mol. The van der Waals surface area contributed by atoms with E-state index in [1.807, 2.05) is 0 Å². The van der Waals surface area contributed by atoms with Crippen molar-refractivity contribution in [2.75, 3.05) is 0 Å². The summed E-state index contributed by atoms with van der Waals surface area (Å²) in [7, 11) is 0. The lowest BCUT2D eigenvalue weighted by Crippen LogP contribution is -2.30. The molecule has 0 saturated carbocycles. The zero-order chi connectivity index (χ0) is 25.5. The Morgan fingerprint density at radius 3 is 2.15 bits per heavy atom. The normalized spacial score (nSPS) is 11.2. The van der Waals surface area contributed by atoms with E-state index in [-0.39, 0.29) is 17.7 Å². The third-order valence-electron chi connectivity index (χ3n) is 4.03. The van der Waals surface area contributed by atoms with Crippen molar-refractivity contribution >= 4 is 11.9 Å². The van der Waals surface area contributed by atoms with Gasteiger partial charge in [-0.2, -0.15) is 31.4 Å². The van der Waals surface area contributed by atoms with Crippen molar-refractivity contribution in [1.29, 1.82) is 0 Å². The minimum atomic E-state index is -5.08. The van der Waals surface area contributed by atoms with E-state index in [2.05, 4.69) is 20.5 Å². The molecule has 1 aromatic carbocycles. The number of amides is 1. The summed E-state index contributed by atoms with van der Waals surface area (Å²) >= 11 is 0. The topological polar surface area (TPSA) is 125 Å². The first-order chi connectivity index (χ1) is 15.8. The third kappa shape index (κ3) is 7.15. The lowest BCUT2D eigenvalue weighted by atomic mass is 10.1. The van der Waals surface area contributed by atoms with Crippen molar-refractivity contribution in [3.63, 3.8) is 0 Å². The van der Waals surface area contributed by atoms with E-state index < -0.39 is 35.4 Å². The molecule has 0 fully saturated rings. The molecule has 1 amide bonds. The summed E-state index contributed by atoms with van der Waals surface area (Å²) in [5.41, 5.74) is -0.976. The summed E-state index contributed by atoms with van der Waals surface area (Å²) in [6.45, 7) is -0.374. The minimum Gasteiger partial charge on any atom is -0.475 e. The molecule has 0 spiro atoms. The van der Waals surface area contributed by atoms with Crippen LogP contribution < -0.4 is 10.9 Å². The first-order valence-electron chi connectivity index (χ1n) is 9.04. The summed E-state index contributed by atoms with van der Waals surface area (Å²) in [6.07, 6.45) is -6.57. The van der Waals surface area contributed by atoms with Crippen LogP contribution in [-0.2, 0) is 17.5 Å². The Morgan fingerprint density at radius 1 is 1.00 bits per heavy atom. The van der Waals surface area contributed by atoms with Gasteiger partial charge in [0.15, 0.2) is 0 Å². The molecule has 2 heterocycles. The molecule has 0 atom stereocenters. The number of nitrogens with zero attached hydrogens (tertiary/aromatic N) is 2. The van der Waals surface area contributed by atoms with Gasteiger partial charge in [0.1, 0.15) is 5.56 Å². The zero-order valence-electron chi connectivity index (χ0n) is 16.7. The van der Waals surface area contributed by atoms with E-state index in [0.29, 0.717) is 11.3 Å². The number of benzene rings is 1. The molecule has 3 rings (SSSR count). The number of alkyl halides is 6. The van der Waals surface area contributed by atoms with Crippen LogP contribution in [0.1, 0.15) is 21.5 Å². The molecule has 3 aromatic rings. The third-order valence-corrected chi connectivity index (χ3v) is 4.03. The predicted octanol–water partition coefficient (Wildman–Crippen LogP) is 3.41. The molecule has 3 N–H and O–H groups in total. The number of carbonyl (C=O) groups excluding carboxylic acids is 1. The fourth-order valence-corrected chi connectivity index (χ4v) is 2.47. The Morgan fingerprint density at radius 2 is 1.59 bits per heavy atom. The Bertz CT molecular complexity index is 1210. The van der Waals surface area contributed by atoms with Gasteiger partial charge in [-0.25, -0.2) is 9.89 Å². The second kappa shape index (κ2) is 10.6. The Labute approximate surface area is 186 Å². The zero-order valence-corrected chi connectivity index (χ0v) is 16.7. The number of carbonyl (C=O) groups is 2. The van der Waals surface area contributed by atoms with E-state index in [1.165, 1.54) is 36.7 Å². The van der Waals surface area contributed by atoms with Gasteiger partial charge in [0.2, 0.25) is 0 Å². The summed E-state index contributed by atoms with van der Waals surface area (Å²) in [6, 6.07) is 9.47. The highest BCUT2D eigenvalue weighted by Gasteiger charge is 2.38. The minimum absolute atomic E-state index is 0.0989. The van der Waals surface area contributed by atoms with E-state index in [4.69, 9.17) is 9.90 Å². The van der Waals surface area contributed by atoms with Gasteiger partial charge >= 0.3 is 18.3 Å². The highest BCUT2D eigenvalue weighted by atomic mass is 19.4. The highest BCUT2D eigenvalue weighted by molar-refractivity contribution is 5.94. The fourth-order valence-electron chi connectivity index (χ4n) is 2.47. The first-order valence-corrected chi connectivity index (χ1v) is 9.04. The SMILES string of the molecule is O=C(NCc1ccccc1C(F)(F)F)c1cc(-c2ccncc2)n[nH]c1=O.O=C(O)C(F)(F)F. The van der Waals surface area contributed by atoms with E-state index in [1.54, 1.807) is 12.1 Å². The molecule has 2 aromatic heterocycles. The van der Waals surface area contributed by atoms with Crippen LogP contribution in [0.3, 0.4) is 0 Å². The number of halogens is 6. The van der Waals surface area contributed by atoms with Crippen molar-refractivity contribution in [2.45, 2.75) is 18.9 Å². The number of carboxylic acid groups (broad SMARTS) is 1. The largest absolute Gasteiger partial charge is 0.490 e. The van der Waals surface area contributed by atoms with Crippen LogP contribution in [0.25, 0.3) is 11.3 Å². The Balaban J connectivity index is 0.000000509. The van der Waals surface area contributed by atoms with Gasteiger partial charge in [-0.3, -0.25) is 14.6 Å². The number of carboxylic acids is 1. The lowest BCUT2D eigenvalue weighted by Gasteiger charge is -2.13. The van der Waals surface area contributed by atoms with Crippen molar-refractivity contribution in [3.05, 3.63) is 81.9 Å².